The van der Waals surface area contributed by atoms with Gasteiger partial charge in [0.05, 0.1) is 0 Å². The van der Waals surface area contributed by atoms with E-state index < -0.39 is 0 Å². The molecule has 68 valence electrons. The molecule has 11 heavy (non-hydrogen) atoms. The van der Waals surface area contributed by atoms with E-state index in [1.54, 1.807) is 0 Å². The fraction of sp³-hybridized carbons (Fsp3) is 1.00. The van der Waals surface area contributed by atoms with Gasteiger partial charge in [0.15, 0.2) is 0 Å². The van der Waals surface area contributed by atoms with E-state index in [0.29, 0.717) is 0 Å². The highest BCUT2D eigenvalue weighted by atomic mass is 31.0. The molecule has 0 heterocycles. The summed E-state index contributed by atoms with van der Waals surface area (Å²) in [5, 5.41) is 0. The van der Waals surface area contributed by atoms with Crippen molar-refractivity contribution in [2.75, 3.05) is 6.16 Å². The Bertz CT molecular complexity index is 71.3. The van der Waals surface area contributed by atoms with Gasteiger partial charge in [-0.15, -0.1) is 9.24 Å². The quantitative estimate of drug-likeness (QED) is 0.406. The maximum Gasteiger partial charge on any atom is -0.0381 e. The van der Waals surface area contributed by atoms with Crippen LogP contribution in [0.3, 0.4) is 0 Å². The second kappa shape index (κ2) is 8.53. The molecule has 0 N–H and O–H groups in total. The van der Waals surface area contributed by atoms with Crippen molar-refractivity contribution in [2.45, 2.75) is 52.4 Å². The lowest BCUT2D eigenvalue weighted by Crippen LogP contribution is -1.97. The molecular weight excluding hydrogens is 151 g/mol. The average Bonchev–Trinajstić information content (AvgIpc) is 2.03. The van der Waals surface area contributed by atoms with E-state index in [-0.39, 0.29) is 0 Å². The van der Waals surface area contributed by atoms with E-state index in [0.717, 1.165) is 5.92 Å². The molecule has 0 aliphatic rings. The van der Waals surface area contributed by atoms with Gasteiger partial charge in [-0.05, 0) is 18.5 Å². The van der Waals surface area contributed by atoms with Crippen LogP contribution in [-0.2, 0) is 0 Å². The third-order valence-electron chi connectivity index (χ3n) is 2.34. The summed E-state index contributed by atoms with van der Waals surface area (Å²) in [6.45, 7) is 4.61. The lowest BCUT2D eigenvalue weighted by molar-refractivity contribution is 0.418. The van der Waals surface area contributed by atoms with Crippen LogP contribution in [0, 0.1) is 5.92 Å². The van der Waals surface area contributed by atoms with Crippen LogP contribution in [0.1, 0.15) is 52.4 Å². The molecule has 0 bridgehead atoms. The van der Waals surface area contributed by atoms with E-state index in [9.17, 15) is 0 Å². The summed E-state index contributed by atoms with van der Waals surface area (Å²) in [5.74, 6) is 1.01. The van der Waals surface area contributed by atoms with Crippen LogP contribution in [-0.4, -0.2) is 6.16 Å². The highest BCUT2D eigenvalue weighted by molar-refractivity contribution is 7.16. The lowest BCUT2D eigenvalue weighted by Gasteiger charge is -2.12. The molecule has 0 amide bonds. The molecule has 0 fully saturated rings. The lowest BCUT2D eigenvalue weighted by atomic mass is 9.95. The Balaban J connectivity index is 3.20. The third-order valence-corrected chi connectivity index (χ3v) is 2.75. The van der Waals surface area contributed by atoms with Gasteiger partial charge in [0.1, 0.15) is 0 Å². The van der Waals surface area contributed by atoms with E-state index in [1.807, 2.05) is 0 Å². The van der Waals surface area contributed by atoms with Crippen molar-refractivity contribution >= 4 is 9.24 Å². The number of unbranched alkanes of at least 4 members (excludes halogenated alkanes) is 1. The Hall–Kier alpha value is 0.430. The molecule has 0 saturated carbocycles. The van der Waals surface area contributed by atoms with Gasteiger partial charge in [0.2, 0.25) is 0 Å². The Morgan fingerprint density at radius 3 is 2.27 bits per heavy atom. The molecule has 0 aliphatic heterocycles. The van der Waals surface area contributed by atoms with Crippen LogP contribution in [0.4, 0.5) is 0 Å². The minimum atomic E-state index is 1.01. The summed E-state index contributed by atoms with van der Waals surface area (Å²) >= 11 is 0. The summed E-state index contributed by atoms with van der Waals surface area (Å²) < 4.78 is 0. The summed E-state index contributed by atoms with van der Waals surface area (Å²) in [4.78, 5) is 0. The molecule has 1 heteroatoms. The summed E-state index contributed by atoms with van der Waals surface area (Å²) in [6.07, 6.45) is 9.74. The van der Waals surface area contributed by atoms with Crippen LogP contribution in [0.15, 0.2) is 0 Å². The average molecular weight is 174 g/mol. The highest BCUT2D eigenvalue weighted by Crippen LogP contribution is 2.18. The van der Waals surface area contributed by atoms with Crippen molar-refractivity contribution in [3.05, 3.63) is 0 Å². The van der Waals surface area contributed by atoms with E-state index in [2.05, 4.69) is 23.1 Å². The topological polar surface area (TPSA) is 0 Å². The van der Waals surface area contributed by atoms with Gasteiger partial charge >= 0.3 is 0 Å². The van der Waals surface area contributed by atoms with Crippen molar-refractivity contribution in [2.24, 2.45) is 5.92 Å². The molecule has 0 nitrogen and oxygen atoms in total. The standard InChI is InChI=1S/C10H23P/c1-3-7-10(4-2)8-5-6-9-11/h10H,3-9,11H2,1-2H3. The van der Waals surface area contributed by atoms with Gasteiger partial charge < -0.3 is 0 Å². The Kier molecular flexibility index (Phi) is 8.86. The van der Waals surface area contributed by atoms with Crippen molar-refractivity contribution in [3.63, 3.8) is 0 Å². The molecule has 0 radical (unpaired) electrons. The monoisotopic (exact) mass is 174 g/mol. The van der Waals surface area contributed by atoms with Gasteiger partial charge in [-0.2, -0.15) is 0 Å². The van der Waals surface area contributed by atoms with Crippen LogP contribution >= 0.6 is 9.24 Å². The van der Waals surface area contributed by atoms with Crippen LogP contribution in [0.25, 0.3) is 0 Å². The van der Waals surface area contributed by atoms with Crippen LogP contribution in [0.2, 0.25) is 0 Å². The fourth-order valence-electron chi connectivity index (χ4n) is 1.54. The minimum Gasteiger partial charge on any atom is -0.138 e. The first-order valence-electron chi connectivity index (χ1n) is 5.05. The largest absolute Gasteiger partial charge is 0.138 e. The summed E-state index contributed by atoms with van der Waals surface area (Å²) in [5.41, 5.74) is 0. The van der Waals surface area contributed by atoms with Crippen LogP contribution < -0.4 is 0 Å². The maximum atomic E-state index is 2.80. The first kappa shape index (κ1) is 11.4. The van der Waals surface area contributed by atoms with Crippen molar-refractivity contribution in [3.8, 4) is 0 Å². The van der Waals surface area contributed by atoms with Crippen molar-refractivity contribution in [1.82, 2.24) is 0 Å². The molecule has 2 atom stereocenters. The van der Waals surface area contributed by atoms with Crippen molar-refractivity contribution < 1.29 is 0 Å². The second-order valence-electron chi connectivity index (χ2n) is 3.35. The first-order valence-corrected chi connectivity index (χ1v) is 5.86. The third kappa shape index (κ3) is 6.81. The smallest absolute Gasteiger partial charge is 0.0381 e. The highest BCUT2D eigenvalue weighted by Gasteiger charge is 2.03. The zero-order chi connectivity index (χ0) is 8.53. The maximum absolute atomic E-state index is 2.80. The van der Waals surface area contributed by atoms with E-state index in [4.69, 9.17) is 0 Å². The Morgan fingerprint density at radius 2 is 1.82 bits per heavy atom. The van der Waals surface area contributed by atoms with Gasteiger partial charge in [0, 0.05) is 0 Å². The normalized spacial score (nSPS) is 13.4. The van der Waals surface area contributed by atoms with Gasteiger partial charge in [0.25, 0.3) is 0 Å². The predicted molar refractivity (Wildman–Crippen MR) is 57.1 cm³/mol. The Morgan fingerprint density at radius 1 is 1.09 bits per heavy atom. The van der Waals surface area contributed by atoms with Crippen LogP contribution in [0.5, 0.6) is 0 Å². The van der Waals surface area contributed by atoms with Gasteiger partial charge in [-0.1, -0.05) is 46.0 Å². The fourth-order valence-corrected chi connectivity index (χ4v) is 1.83. The number of hydrogen-bond donors (Lipinski definition) is 0. The molecule has 0 aromatic rings. The molecule has 0 aliphatic carbocycles. The molecule has 2 unspecified atom stereocenters. The minimum absolute atomic E-state index is 1.01. The Labute approximate surface area is 74.4 Å². The SMILES string of the molecule is CCCC(CC)CCCCP. The van der Waals surface area contributed by atoms with E-state index >= 15 is 0 Å². The van der Waals surface area contributed by atoms with E-state index in [1.165, 1.54) is 44.7 Å². The molecule has 0 aromatic heterocycles. The first-order chi connectivity index (χ1) is 5.35. The molecular formula is C10H23P. The zero-order valence-corrected chi connectivity index (χ0v) is 9.26. The summed E-state index contributed by atoms with van der Waals surface area (Å²) in [7, 11) is 2.80. The number of hydrogen-bond acceptors (Lipinski definition) is 0. The second-order valence-corrected chi connectivity index (χ2v) is 3.92. The van der Waals surface area contributed by atoms with Crippen molar-refractivity contribution in [1.29, 1.82) is 0 Å². The molecule has 0 saturated heterocycles. The molecule has 0 rings (SSSR count). The molecule has 0 aromatic carbocycles. The number of rotatable bonds is 7. The van der Waals surface area contributed by atoms with Gasteiger partial charge in [-0.3, -0.25) is 0 Å². The predicted octanol–water partition coefficient (Wildman–Crippen LogP) is 3.86. The van der Waals surface area contributed by atoms with Gasteiger partial charge in [-0.25, -0.2) is 0 Å². The molecule has 0 spiro atoms. The zero-order valence-electron chi connectivity index (χ0n) is 8.10. The summed E-state index contributed by atoms with van der Waals surface area (Å²) in [6, 6.07) is 0.